The Bertz CT molecular complexity index is 653. The number of unbranched alkanes of at least 4 members (excludes halogenated alkanes) is 1. The molecular weight excluding hydrogens is 274 g/mol. The largest absolute Gasteiger partial charge is 0.394 e. The van der Waals surface area contributed by atoms with Crippen LogP contribution >= 0.6 is 0 Å². The van der Waals surface area contributed by atoms with Gasteiger partial charge in [-0.05, 0) is 6.42 Å². The van der Waals surface area contributed by atoms with Gasteiger partial charge in [-0.1, -0.05) is 18.8 Å². The molecule has 7 nitrogen and oxygen atoms in total. The van der Waals surface area contributed by atoms with Gasteiger partial charge in [0.15, 0.2) is 6.23 Å². The first kappa shape index (κ1) is 15.5. The number of hydrogen-bond donors (Lipinski definition) is 3. The first-order valence-corrected chi connectivity index (χ1v) is 6.97. The van der Waals surface area contributed by atoms with Crippen molar-refractivity contribution in [3.8, 4) is 11.8 Å². The number of H-pyrrole nitrogens is 1. The van der Waals surface area contributed by atoms with E-state index in [1.807, 2.05) is 6.92 Å². The van der Waals surface area contributed by atoms with Crippen LogP contribution < -0.4 is 16.6 Å². The Morgan fingerprint density at radius 1 is 1.48 bits per heavy atom. The van der Waals surface area contributed by atoms with Gasteiger partial charge in [0.1, 0.15) is 5.56 Å². The van der Waals surface area contributed by atoms with Crippen LogP contribution in [0.1, 0.15) is 31.6 Å². The van der Waals surface area contributed by atoms with Crippen molar-refractivity contribution in [1.29, 1.82) is 0 Å². The summed E-state index contributed by atoms with van der Waals surface area (Å²) in [7, 11) is 0. The quantitative estimate of drug-likeness (QED) is 0.632. The highest BCUT2D eigenvalue weighted by Crippen LogP contribution is 2.12. The number of nitrogens with one attached hydrogen (secondary N) is 2. The standard InChI is InChI=1S/C14H19N3O4/c1-2-3-4-5-10-8-17(14(20)16-13(10)19)12-7-15-6-11(9-18)21-12/h8,11-12,15,18H,2-3,6-7,9H2,1H3,(H,16,19,20). The van der Waals surface area contributed by atoms with E-state index < -0.39 is 17.5 Å². The normalized spacial score (nSPS) is 21.6. The van der Waals surface area contributed by atoms with E-state index in [1.54, 1.807) is 0 Å². The SMILES string of the molecule is CCCC#Cc1cn(C2CNCC(CO)O2)c(=O)[nH]c1=O. The minimum Gasteiger partial charge on any atom is -0.394 e. The molecule has 0 saturated carbocycles. The highest BCUT2D eigenvalue weighted by atomic mass is 16.5. The number of aromatic nitrogens is 2. The third-order valence-electron chi connectivity index (χ3n) is 3.12. The molecule has 1 aromatic rings. The number of morpholine rings is 1. The predicted octanol–water partition coefficient (Wildman–Crippen LogP) is -0.832. The summed E-state index contributed by atoms with van der Waals surface area (Å²) in [6.07, 6.45) is 2.05. The Hall–Kier alpha value is -1.88. The fourth-order valence-electron chi connectivity index (χ4n) is 2.03. The lowest BCUT2D eigenvalue weighted by molar-refractivity contribution is -0.0968. The minimum atomic E-state index is -0.577. The summed E-state index contributed by atoms with van der Waals surface area (Å²) in [5.74, 6) is 5.65. The maximum atomic E-state index is 11.9. The van der Waals surface area contributed by atoms with Crippen molar-refractivity contribution < 1.29 is 9.84 Å². The van der Waals surface area contributed by atoms with Crippen LogP contribution in [0.5, 0.6) is 0 Å². The Kier molecular flexibility index (Phi) is 5.33. The number of aliphatic hydroxyl groups excluding tert-OH is 1. The van der Waals surface area contributed by atoms with Crippen LogP contribution in [0.3, 0.4) is 0 Å². The van der Waals surface area contributed by atoms with Crippen molar-refractivity contribution in [2.45, 2.75) is 32.1 Å². The topological polar surface area (TPSA) is 96.3 Å². The molecule has 1 aliphatic rings. The predicted molar refractivity (Wildman–Crippen MR) is 77.0 cm³/mol. The zero-order valence-electron chi connectivity index (χ0n) is 11.9. The zero-order chi connectivity index (χ0) is 15.2. The molecule has 0 bridgehead atoms. The molecule has 2 heterocycles. The highest BCUT2D eigenvalue weighted by Gasteiger charge is 2.23. The maximum absolute atomic E-state index is 11.9. The van der Waals surface area contributed by atoms with E-state index in [0.29, 0.717) is 19.5 Å². The minimum absolute atomic E-state index is 0.134. The molecule has 0 spiro atoms. The second kappa shape index (κ2) is 7.22. The first-order valence-electron chi connectivity index (χ1n) is 6.97. The summed E-state index contributed by atoms with van der Waals surface area (Å²) in [5, 5.41) is 12.2. The highest BCUT2D eigenvalue weighted by molar-refractivity contribution is 5.29. The molecule has 1 aliphatic heterocycles. The molecule has 21 heavy (non-hydrogen) atoms. The summed E-state index contributed by atoms with van der Waals surface area (Å²) in [4.78, 5) is 25.9. The van der Waals surface area contributed by atoms with Crippen LogP contribution in [0.2, 0.25) is 0 Å². The Balaban J connectivity index is 2.31. The molecule has 0 amide bonds. The van der Waals surface area contributed by atoms with Gasteiger partial charge in [-0.25, -0.2) is 4.79 Å². The van der Waals surface area contributed by atoms with E-state index in [9.17, 15) is 9.59 Å². The monoisotopic (exact) mass is 293 g/mol. The van der Waals surface area contributed by atoms with E-state index in [2.05, 4.69) is 22.1 Å². The fourth-order valence-corrected chi connectivity index (χ4v) is 2.03. The van der Waals surface area contributed by atoms with Crippen molar-refractivity contribution in [2.75, 3.05) is 19.7 Å². The van der Waals surface area contributed by atoms with Gasteiger partial charge in [-0.2, -0.15) is 0 Å². The van der Waals surface area contributed by atoms with E-state index in [1.165, 1.54) is 10.8 Å². The van der Waals surface area contributed by atoms with Gasteiger partial charge in [-0.3, -0.25) is 14.3 Å². The lowest BCUT2D eigenvalue weighted by Gasteiger charge is -2.30. The van der Waals surface area contributed by atoms with Gasteiger partial charge in [0.05, 0.1) is 12.7 Å². The number of ether oxygens (including phenoxy) is 1. The number of hydrogen-bond acceptors (Lipinski definition) is 5. The molecule has 114 valence electrons. The van der Waals surface area contributed by atoms with Gasteiger partial charge >= 0.3 is 5.69 Å². The molecule has 1 aromatic heterocycles. The van der Waals surface area contributed by atoms with Crippen LogP contribution in [0.15, 0.2) is 15.8 Å². The zero-order valence-corrected chi connectivity index (χ0v) is 11.9. The molecule has 3 N–H and O–H groups in total. The molecule has 1 saturated heterocycles. The lowest BCUT2D eigenvalue weighted by atomic mass is 10.2. The Morgan fingerprint density at radius 3 is 3.00 bits per heavy atom. The summed E-state index contributed by atoms with van der Waals surface area (Å²) in [6, 6.07) is 0. The smallest absolute Gasteiger partial charge is 0.330 e. The van der Waals surface area contributed by atoms with E-state index in [0.717, 1.165) is 6.42 Å². The van der Waals surface area contributed by atoms with Crippen LogP contribution in [-0.4, -0.2) is 40.5 Å². The second-order valence-corrected chi connectivity index (χ2v) is 4.81. The van der Waals surface area contributed by atoms with Gasteiger partial charge in [0, 0.05) is 25.7 Å². The maximum Gasteiger partial charge on any atom is 0.330 e. The van der Waals surface area contributed by atoms with Crippen molar-refractivity contribution >= 4 is 0 Å². The van der Waals surface area contributed by atoms with Gasteiger partial charge in [-0.15, -0.1) is 0 Å². The third-order valence-corrected chi connectivity index (χ3v) is 3.12. The van der Waals surface area contributed by atoms with Crippen LogP contribution in [-0.2, 0) is 4.74 Å². The molecule has 7 heteroatoms. The van der Waals surface area contributed by atoms with Gasteiger partial charge in [0.25, 0.3) is 5.56 Å². The van der Waals surface area contributed by atoms with Crippen molar-refractivity contribution in [3.63, 3.8) is 0 Å². The van der Waals surface area contributed by atoms with E-state index >= 15 is 0 Å². The number of aromatic amines is 1. The van der Waals surface area contributed by atoms with Crippen molar-refractivity contribution in [3.05, 3.63) is 32.6 Å². The van der Waals surface area contributed by atoms with Crippen molar-refractivity contribution in [2.24, 2.45) is 0 Å². The molecule has 2 rings (SSSR count). The second-order valence-electron chi connectivity index (χ2n) is 4.81. The average molecular weight is 293 g/mol. The van der Waals surface area contributed by atoms with Crippen molar-refractivity contribution in [1.82, 2.24) is 14.9 Å². The molecule has 1 fully saturated rings. The Labute approximate surface area is 122 Å². The Morgan fingerprint density at radius 2 is 2.29 bits per heavy atom. The third kappa shape index (κ3) is 3.82. The van der Waals surface area contributed by atoms with Crippen LogP contribution in [0.25, 0.3) is 0 Å². The fraction of sp³-hybridized carbons (Fsp3) is 0.571. The summed E-state index contributed by atoms with van der Waals surface area (Å²) < 4.78 is 6.90. The number of nitrogens with zero attached hydrogens (tertiary/aromatic N) is 1. The summed E-state index contributed by atoms with van der Waals surface area (Å²) >= 11 is 0. The van der Waals surface area contributed by atoms with E-state index in [-0.39, 0.29) is 18.3 Å². The molecule has 2 unspecified atom stereocenters. The summed E-state index contributed by atoms with van der Waals surface area (Å²) in [6.45, 7) is 2.81. The number of rotatable bonds is 3. The molecular formula is C14H19N3O4. The van der Waals surface area contributed by atoms with Crippen LogP contribution in [0.4, 0.5) is 0 Å². The average Bonchev–Trinajstić information content (AvgIpc) is 2.49. The number of aliphatic hydroxyl groups is 1. The molecule has 0 aliphatic carbocycles. The van der Waals surface area contributed by atoms with Gasteiger partial charge in [0.2, 0.25) is 0 Å². The lowest BCUT2D eigenvalue weighted by Crippen LogP contribution is -2.47. The summed E-state index contributed by atoms with van der Waals surface area (Å²) in [5.41, 5.74) is -0.813. The molecule has 0 radical (unpaired) electrons. The first-order chi connectivity index (χ1) is 10.2. The molecule has 0 aromatic carbocycles. The van der Waals surface area contributed by atoms with Gasteiger partial charge < -0.3 is 15.2 Å². The molecule has 2 atom stereocenters. The van der Waals surface area contributed by atoms with E-state index in [4.69, 9.17) is 9.84 Å². The van der Waals surface area contributed by atoms with Crippen LogP contribution in [0, 0.1) is 11.8 Å².